The van der Waals surface area contributed by atoms with Gasteiger partial charge in [0.25, 0.3) is 0 Å². The normalized spacial score (nSPS) is 13.8. The number of carboxylic acids is 1. The summed E-state index contributed by atoms with van der Waals surface area (Å²) in [5, 5.41) is 12.7. The first-order valence-electron chi connectivity index (χ1n) is 13.5. The molecule has 4 rings (SSSR count). The average molecular weight is 644 g/mol. The van der Waals surface area contributed by atoms with E-state index in [1.165, 1.54) is 24.8 Å². The van der Waals surface area contributed by atoms with Crippen LogP contribution in [-0.4, -0.2) is 77.5 Å². The van der Waals surface area contributed by atoms with Crippen LogP contribution in [0.1, 0.15) is 23.3 Å². The number of carboxylic acid groups (broad SMARTS) is 1. The van der Waals surface area contributed by atoms with E-state index < -0.39 is 22.2 Å². The smallest absolute Gasteiger partial charge is 0.490 e. The lowest BCUT2D eigenvalue weighted by atomic mass is 10.0. The van der Waals surface area contributed by atoms with Crippen molar-refractivity contribution in [3.05, 3.63) is 64.4 Å². The molecule has 236 valence electrons. The maximum absolute atomic E-state index is 13.2. The predicted molar refractivity (Wildman–Crippen MR) is 159 cm³/mol. The first kappa shape index (κ1) is 34.3. The van der Waals surface area contributed by atoms with Gasteiger partial charge in [-0.2, -0.15) is 13.2 Å². The van der Waals surface area contributed by atoms with Gasteiger partial charge in [0.05, 0.1) is 14.2 Å². The Balaban J connectivity index is 0.000000646. The molecule has 0 radical (unpaired) electrons. The van der Waals surface area contributed by atoms with Gasteiger partial charge in [-0.15, -0.1) is 11.3 Å². The molecule has 2 aromatic carbocycles. The lowest BCUT2D eigenvalue weighted by Crippen LogP contribution is -2.33. The van der Waals surface area contributed by atoms with Crippen LogP contribution in [0.4, 0.5) is 13.2 Å². The molecule has 9 nitrogen and oxygen atoms in total. The number of hydrogen-bond acceptors (Lipinski definition) is 8. The van der Waals surface area contributed by atoms with Crippen LogP contribution in [0.2, 0.25) is 0 Å². The number of carbonyl (C=O) groups is 1. The van der Waals surface area contributed by atoms with Gasteiger partial charge in [-0.1, -0.05) is 18.2 Å². The number of thiophene rings is 1. The second-order valence-corrected chi connectivity index (χ2v) is 12.4. The van der Waals surface area contributed by atoms with Gasteiger partial charge in [0.2, 0.25) is 10.0 Å². The molecule has 43 heavy (non-hydrogen) atoms. The molecule has 3 N–H and O–H groups in total. The van der Waals surface area contributed by atoms with Crippen LogP contribution >= 0.6 is 11.3 Å². The molecule has 2 heterocycles. The topological polar surface area (TPSA) is 117 Å². The van der Waals surface area contributed by atoms with E-state index in [9.17, 15) is 21.6 Å². The summed E-state index contributed by atoms with van der Waals surface area (Å²) in [6, 6.07) is 15.5. The summed E-state index contributed by atoms with van der Waals surface area (Å²) in [6.07, 6.45) is -1.74. The Kier molecular flexibility index (Phi) is 12.8. The maximum atomic E-state index is 13.2. The summed E-state index contributed by atoms with van der Waals surface area (Å²) in [5.74, 6) is -1.75. The third-order valence-corrected chi connectivity index (χ3v) is 9.07. The van der Waals surface area contributed by atoms with Crippen LogP contribution in [0.5, 0.6) is 11.5 Å². The number of methoxy groups -OCH3 is 2. The molecule has 14 heteroatoms. The highest BCUT2D eigenvalue weighted by molar-refractivity contribution is 7.89. The van der Waals surface area contributed by atoms with Crippen LogP contribution in [0.3, 0.4) is 0 Å². The summed E-state index contributed by atoms with van der Waals surface area (Å²) in [5.41, 5.74) is 2.69. The lowest BCUT2D eigenvalue weighted by Gasteiger charge is -2.17. The lowest BCUT2D eigenvalue weighted by molar-refractivity contribution is -0.192. The molecule has 0 aliphatic carbocycles. The second-order valence-electron chi connectivity index (χ2n) is 9.66. The highest BCUT2D eigenvalue weighted by Gasteiger charge is 2.38. The molecule has 1 aromatic heterocycles. The largest absolute Gasteiger partial charge is 0.496 e. The van der Waals surface area contributed by atoms with E-state index in [0.29, 0.717) is 31.1 Å². The van der Waals surface area contributed by atoms with Crippen molar-refractivity contribution in [3.8, 4) is 22.6 Å². The minimum Gasteiger partial charge on any atom is -0.496 e. The Hall–Kier alpha value is -3.17. The Labute approximate surface area is 253 Å². The van der Waals surface area contributed by atoms with Crippen molar-refractivity contribution in [2.24, 2.45) is 0 Å². The van der Waals surface area contributed by atoms with Gasteiger partial charge in [0.1, 0.15) is 16.4 Å². The van der Waals surface area contributed by atoms with E-state index in [0.717, 1.165) is 42.7 Å². The van der Waals surface area contributed by atoms with E-state index in [1.54, 1.807) is 30.6 Å². The van der Waals surface area contributed by atoms with E-state index in [-0.39, 0.29) is 4.90 Å². The van der Waals surface area contributed by atoms with Crippen molar-refractivity contribution in [1.82, 2.24) is 14.9 Å². The van der Waals surface area contributed by atoms with E-state index in [2.05, 4.69) is 38.5 Å². The number of aliphatic carboxylic acids is 1. The zero-order valence-corrected chi connectivity index (χ0v) is 25.6. The standard InChI is InChI=1S/C27H35N3O4S2.C2HF3O2/c1-33-25-9-7-21(20-28-12-11-23-6-5-17-35-23)18-24(25)22-8-10-26(34-2)27(19-22)36(31,32)29-13-16-30-14-3-4-15-30;3-2(4,5)1(6)7/h5-10,17-19,28-29H,3-4,11-16,20H2,1-2H3;(H,6,7). The number of sulfonamides is 1. The Morgan fingerprint density at radius 2 is 1.70 bits per heavy atom. The predicted octanol–water partition coefficient (Wildman–Crippen LogP) is 4.77. The molecular weight excluding hydrogens is 607 g/mol. The van der Waals surface area contributed by atoms with Gasteiger partial charge in [0, 0.05) is 36.6 Å². The van der Waals surface area contributed by atoms with Crippen LogP contribution in [-0.2, 0) is 27.8 Å². The number of benzene rings is 2. The van der Waals surface area contributed by atoms with Crippen LogP contribution in [0.25, 0.3) is 11.1 Å². The zero-order valence-electron chi connectivity index (χ0n) is 23.9. The summed E-state index contributed by atoms with van der Waals surface area (Å²) < 4.78 is 71.9. The zero-order chi connectivity index (χ0) is 31.5. The van der Waals surface area contributed by atoms with Gasteiger partial charge < -0.3 is 24.8 Å². The van der Waals surface area contributed by atoms with Crippen molar-refractivity contribution in [1.29, 1.82) is 0 Å². The van der Waals surface area contributed by atoms with Crippen LogP contribution in [0.15, 0.2) is 58.8 Å². The third kappa shape index (κ3) is 10.5. The summed E-state index contributed by atoms with van der Waals surface area (Å²) in [6.45, 7) is 4.72. The number of alkyl halides is 3. The molecule has 0 amide bonds. The first-order chi connectivity index (χ1) is 20.4. The highest BCUT2D eigenvalue weighted by atomic mass is 32.2. The molecule has 0 bridgehead atoms. The van der Waals surface area contributed by atoms with Crippen molar-refractivity contribution in [2.45, 2.75) is 36.9 Å². The summed E-state index contributed by atoms with van der Waals surface area (Å²) in [7, 11) is -0.637. The second kappa shape index (κ2) is 16.1. The number of ether oxygens (including phenoxy) is 2. The van der Waals surface area contributed by atoms with Gasteiger partial charge in [0.15, 0.2) is 0 Å². The molecule has 0 atom stereocenters. The summed E-state index contributed by atoms with van der Waals surface area (Å²) >= 11 is 1.77. The Morgan fingerprint density at radius 3 is 2.30 bits per heavy atom. The molecule has 0 spiro atoms. The van der Waals surface area contributed by atoms with Crippen molar-refractivity contribution in [3.63, 3.8) is 0 Å². The van der Waals surface area contributed by atoms with Gasteiger partial charge in [-0.3, -0.25) is 0 Å². The number of rotatable bonds is 13. The fourth-order valence-electron chi connectivity index (χ4n) is 4.47. The van der Waals surface area contributed by atoms with Crippen LogP contribution in [0, 0.1) is 0 Å². The molecule has 1 aliphatic rings. The fraction of sp³-hybridized carbons (Fsp3) is 0.414. The molecule has 1 fully saturated rings. The van der Waals surface area contributed by atoms with Crippen molar-refractivity contribution < 1.29 is 41.0 Å². The number of nitrogens with zero attached hydrogens (tertiary/aromatic N) is 1. The van der Waals surface area contributed by atoms with Crippen molar-refractivity contribution >= 4 is 27.3 Å². The third-order valence-electron chi connectivity index (χ3n) is 6.65. The number of likely N-dealkylation sites (tertiary alicyclic amines) is 1. The van der Waals surface area contributed by atoms with Gasteiger partial charge in [-0.05, 0) is 79.2 Å². The fourth-order valence-corrected chi connectivity index (χ4v) is 6.39. The van der Waals surface area contributed by atoms with E-state index in [4.69, 9.17) is 19.4 Å². The number of hydrogen-bond donors (Lipinski definition) is 3. The van der Waals surface area contributed by atoms with Crippen LogP contribution < -0.4 is 19.5 Å². The first-order valence-corrected chi connectivity index (χ1v) is 15.9. The highest BCUT2D eigenvalue weighted by Crippen LogP contribution is 2.35. The summed E-state index contributed by atoms with van der Waals surface area (Å²) in [4.78, 5) is 12.7. The minimum absolute atomic E-state index is 0.130. The molecule has 0 unspecified atom stereocenters. The quantitative estimate of drug-likeness (QED) is 0.228. The molecule has 0 saturated carbocycles. The number of halogens is 3. The Bertz CT molecular complexity index is 1430. The monoisotopic (exact) mass is 643 g/mol. The maximum Gasteiger partial charge on any atom is 0.490 e. The molecule has 3 aromatic rings. The van der Waals surface area contributed by atoms with Gasteiger partial charge >= 0.3 is 12.1 Å². The van der Waals surface area contributed by atoms with Gasteiger partial charge in [-0.25, -0.2) is 17.9 Å². The average Bonchev–Trinajstić information content (AvgIpc) is 3.69. The Morgan fingerprint density at radius 1 is 1.02 bits per heavy atom. The number of nitrogens with one attached hydrogen (secondary N) is 2. The molecule has 1 aliphatic heterocycles. The molecule has 1 saturated heterocycles. The SMILES string of the molecule is COc1ccc(CNCCc2cccs2)cc1-c1ccc(OC)c(S(=O)(=O)NCCN2CCCC2)c1.O=C(O)C(F)(F)F. The minimum atomic E-state index is -5.08. The molecular formula is C29H36F3N3O6S2. The van der Waals surface area contributed by atoms with E-state index >= 15 is 0 Å². The van der Waals surface area contributed by atoms with Crippen molar-refractivity contribution in [2.75, 3.05) is 46.9 Å². The van der Waals surface area contributed by atoms with E-state index in [1.807, 2.05) is 18.2 Å².